The number of aromatic nitrogens is 5. The van der Waals surface area contributed by atoms with Gasteiger partial charge < -0.3 is 14.8 Å². The molecule has 5 heterocycles. The molecule has 3 aromatic heterocycles. The molecule has 0 aliphatic carbocycles. The summed E-state index contributed by atoms with van der Waals surface area (Å²) in [6.45, 7) is 9.03. The van der Waals surface area contributed by atoms with Gasteiger partial charge in [-0.3, -0.25) is 9.69 Å². The largest absolute Gasteiger partial charge is 0.337 e. The molecule has 0 radical (unpaired) electrons. The highest BCUT2D eigenvalue weighted by atomic mass is 19.1. The Morgan fingerprint density at radius 3 is 2.56 bits per heavy atom. The minimum atomic E-state index is -0.677. The number of halogens is 2. The van der Waals surface area contributed by atoms with Crippen LogP contribution in [0.2, 0.25) is 0 Å². The third kappa shape index (κ3) is 4.92. The molecule has 2 aliphatic rings. The van der Waals surface area contributed by atoms with Crippen LogP contribution < -0.4 is 5.32 Å². The van der Waals surface area contributed by atoms with E-state index in [-0.39, 0.29) is 34.7 Å². The fourth-order valence-corrected chi connectivity index (χ4v) is 6.32. The zero-order chi connectivity index (χ0) is 29.0. The Kier molecular flexibility index (Phi) is 6.93. The SMILES string of the molecule is Cc1nc(Nc2ncc(F)c(-c3cc(F)c4nc(C)n(C(C)C)c4c3)n2)ccc1C(=O)N1CCC2CCC(C1)N2C. The number of fused-ring (bicyclic) bond motifs is 3. The molecular weight excluding hydrogens is 526 g/mol. The van der Waals surface area contributed by atoms with Gasteiger partial charge >= 0.3 is 0 Å². The fourth-order valence-electron chi connectivity index (χ4n) is 6.32. The average molecular weight is 561 g/mol. The number of likely N-dealkylation sites (tertiary alicyclic amines) is 1. The zero-order valence-electron chi connectivity index (χ0n) is 23.9. The highest BCUT2D eigenvalue weighted by molar-refractivity contribution is 5.95. The standard InChI is InChI=1S/C30H34F2N8O/c1-16(2)40-18(4)35-28-23(31)12-19(13-25(28)40)27-24(32)14-33-30(37-27)36-26-9-8-22(17(3)34-26)29(41)39-11-10-20-6-7-21(15-39)38(20)5/h8-9,12-14,16,20-21H,6-7,10-11,15H2,1-5H3,(H,33,34,36,37). The van der Waals surface area contributed by atoms with Gasteiger partial charge in [0.25, 0.3) is 5.91 Å². The van der Waals surface area contributed by atoms with Crippen LogP contribution in [0.4, 0.5) is 20.5 Å². The number of carbonyl (C=O) groups is 1. The van der Waals surface area contributed by atoms with E-state index in [1.165, 1.54) is 12.5 Å². The average Bonchev–Trinajstić information content (AvgIpc) is 3.39. The Hall–Kier alpha value is -3.99. The van der Waals surface area contributed by atoms with E-state index in [4.69, 9.17) is 0 Å². The van der Waals surface area contributed by atoms with Gasteiger partial charge in [-0.15, -0.1) is 0 Å². The van der Waals surface area contributed by atoms with Crippen LogP contribution in [-0.2, 0) is 0 Å². The second-order valence-electron chi connectivity index (χ2n) is 11.4. The zero-order valence-corrected chi connectivity index (χ0v) is 23.9. The van der Waals surface area contributed by atoms with E-state index in [2.05, 4.69) is 37.2 Å². The molecule has 214 valence electrons. The Labute approximate surface area is 237 Å². The molecule has 9 nitrogen and oxygen atoms in total. The number of imidazole rings is 1. The number of pyridine rings is 1. The lowest BCUT2D eigenvalue weighted by atomic mass is 10.1. The van der Waals surface area contributed by atoms with Crippen molar-refractivity contribution in [3.63, 3.8) is 0 Å². The predicted molar refractivity (Wildman–Crippen MR) is 153 cm³/mol. The van der Waals surface area contributed by atoms with Crippen molar-refractivity contribution < 1.29 is 13.6 Å². The highest BCUT2D eigenvalue weighted by Gasteiger charge is 2.36. The Bertz CT molecular complexity index is 1650. The number of hydrogen-bond acceptors (Lipinski definition) is 7. The van der Waals surface area contributed by atoms with Gasteiger partial charge in [0.2, 0.25) is 5.95 Å². The predicted octanol–water partition coefficient (Wildman–Crippen LogP) is 5.42. The molecule has 0 saturated carbocycles. The molecule has 4 aromatic rings. The molecule has 2 bridgehead atoms. The van der Waals surface area contributed by atoms with Crippen LogP contribution in [0.15, 0.2) is 30.5 Å². The molecule has 6 rings (SSSR count). The van der Waals surface area contributed by atoms with Crippen molar-refractivity contribution in [2.24, 2.45) is 0 Å². The van der Waals surface area contributed by atoms with E-state index >= 15 is 4.39 Å². The third-order valence-electron chi connectivity index (χ3n) is 8.45. The molecule has 2 unspecified atom stereocenters. The lowest BCUT2D eigenvalue weighted by molar-refractivity contribution is 0.0739. The number of anilines is 2. The number of carbonyl (C=O) groups excluding carboxylic acids is 1. The Morgan fingerprint density at radius 1 is 1.02 bits per heavy atom. The number of aryl methyl sites for hydroxylation is 2. The van der Waals surface area contributed by atoms with Crippen molar-refractivity contribution in [1.29, 1.82) is 0 Å². The van der Waals surface area contributed by atoms with E-state index < -0.39 is 11.6 Å². The number of nitrogens with one attached hydrogen (secondary N) is 1. The Balaban J connectivity index is 1.25. The first-order valence-corrected chi connectivity index (χ1v) is 14.1. The van der Waals surface area contributed by atoms with Crippen molar-refractivity contribution >= 4 is 28.7 Å². The summed E-state index contributed by atoms with van der Waals surface area (Å²) >= 11 is 0. The molecule has 2 atom stereocenters. The molecular formula is C30H34F2N8O. The molecule has 2 aliphatic heterocycles. The van der Waals surface area contributed by atoms with E-state index in [1.54, 1.807) is 25.1 Å². The van der Waals surface area contributed by atoms with E-state index in [9.17, 15) is 9.18 Å². The first-order valence-electron chi connectivity index (χ1n) is 14.1. The highest BCUT2D eigenvalue weighted by Crippen LogP contribution is 2.31. The lowest BCUT2D eigenvalue weighted by Gasteiger charge is -2.26. The molecule has 2 fully saturated rings. The van der Waals surface area contributed by atoms with E-state index in [1.807, 2.05) is 30.2 Å². The van der Waals surface area contributed by atoms with Crippen molar-refractivity contribution in [3.8, 4) is 11.3 Å². The fraction of sp³-hybridized carbons (Fsp3) is 0.433. The molecule has 1 N–H and O–H groups in total. The number of likely N-dealkylation sites (N-methyl/N-ethyl adjacent to an activating group) is 1. The lowest BCUT2D eigenvalue weighted by Crippen LogP contribution is -2.40. The third-order valence-corrected chi connectivity index (χ3v) is 8.45. The summed E-state index contributed by atoms with van der Waals surface area (Å²) in [7, 11) is 2.16. The molecule has 1 aromatic carbocycles. The van der Waals surface area contributed by atoms with Crippen molar-refractivity contribution in [3.05, 3.63) is 59.2 Å². The summed E-state index contributed by atoms with van der Waals surface area (Å²) in [4.78, 5) is 35.1. The second kappa shape index (κ2) is 10.4. The van der Waals surface area contributed by atoms with Gasteiger partial charge in [-0.2, -0.15) is 0 Å². The van der Waals surface area contributed by atoms with Gasteiger partial charge in [0.15, 0.2) is 11.6 Å². The van der Waals surface area contributed by atoms with Gasteiger partial charge in [-0.05, 0) is 78.3 Å². The normalized spacial score (nSPS) is 19.3. The van der Waals surface area contributed by atoms with Crippen LogP contribution in [0.25, 0.3) is 22.3 Å². The van der Waals surface area contributed by atoms with Gasteiger partial charge in [-0.1, -0.05) is 0 Å². The monoisotopic (exact) mass is 560 g/mol. The minimum absolute atomic E-state index is 0.0175. The second-order valence-corrected chi connectivity index (χ2v) is 11.4. The maximum atomic E-state index is 15.0. The van der Waals surface area contributed by atoms with Crippen LogP contribution in [0, 0.1) is 25.5 Å². The van der Waals surface area contributed by atoms with Crippen molar-refractivity contribution in [2.75, 3.05) is 25.5 Å². The quantitative estimate of drug-likeness (QED) is 0.349. The number of hydrogen-bond donors (Lipinski definition) is 1. The smallest absolute Gasteiger partial charge is 0.255 e. The first kappa shape index (κ1) is 27.2. The molecule has 0 spiro atoms. The maximum absolute atomic E-state index is 15.0. The van der Waals surface area contributed by atoms with E-state index in [0.29, 0.717) is 40.5 Å². The van der Waals surface area contributed by atoms with Gasteiger partial charge in [-0.25, -0.2) is 28.7 Å². The van der Waals surface area contributed by atoms with Gasteiger partial charge in [0.1, 0.15) is 22.9 Å². The Morgan fingerprint density at radius 2 is 1.80 bits per heavy atom. The van der Waals surface area contributed by atoms with Crippen molar-refractivity contribution in [2.45, 2.75) is 65.1 Å². The summed E-state index contributed by atoms with van der Waals surface area (Å²) in [5.74, 6) is -0.0432. The molecule has 1 amide bonds. The minimum Gasteiger partial charge on any atom is -0.337 e. The van der Waals surface area contributed by atoms with Crippen LogP contribution in [0.3, 0.4) is 0 Å². The van der Waals surface area contributed by atoms with Gasteiger partial charge in [0.05, 0.1) is 23.0 Å². The number of amides is 1. The summed E-state index contributed by atoms with van der Waals surface area (Å²) in [6, 6.07) is 7.37. The number of benzene rings is 1. The molecule has 11 heteroatoms. The van der Waals surface area contributed by atoms with Crippen LogP contribution in [-0.4, -0.2) is 72.4 Å². The molecule has 2 saturated heterocycles. The molecule has 41 heavy (non-hydrogen) atoms. The number of nitrogens with zero attached hydrogens (tertiary/aromatic N) is 7. The van der Waals surface area contributed by atoms with Crippen LogP contribution >= 0.6 is 0 Å². The van der Waals surface area contributed by atoms with Crippen molar-refractivity contribution in [1.82, 2.24) is 34.3 Å². The van der Waals surface area contributed by atoms with Crippen LogP contribution in [0.5, 0.6) is 0 Å². The topological polar surface area (TPSA) is 92.1 Å². The van der Waals surface area contributed by atoms with Gasteiger partial charge in [0, 0.05) is 36.8 Å². The van der Waals surface area contributed by atoms with E-state index in [0.717, 1.165) is 32.1 Å². The first-order chi connectivity index (χ1) is 19.6. The summed E-state index contributed by atoms with van der Waals surface area (Å²) in [6.07, 6.45) is 4.34. The summed E-state index contributed by atoms with van der Waals surface area (Å²) < 4.78 is 31.9. The summed E-state index contributed by atoms with van der Waals surface area (Å²) in [5.41, 5.74) is 2.18. The summed E-state index contributed by atoms with van der Waals surface area (Å²) in [5, 5.41) is 3.01. The van der Waals surface area contributed by atoms with Crippen LogP contribution in [0.1, 0.15) is 61.0 Å². The maximum Gasteiger partial charge on any atom is 0.255 e. The number of rotatable bonds is 5.